The van der Waals surface area contributed by atoms with Gasteiger partial charge in [0.25, 0.3) is 5.69 Å². The van der Waals surface area contributed by atoms with Gasteiger partial charge in [-0.25, -0.2) is 9.78 Å². The van der Waals surface area contributed by atoms with Gasteiger partial charge in [-0.15, -0.1) is 11.3 Å². The highest BCUT2D eigenvalue weighted by molar-refractivity contribution is 7.09. The lowest BCUT2D eigenvalue weighted by atomic mass is 10.1. The fraction of sp³-hybridized carbons (Fsp3) is 0.375. The maximum Gasteiger partial charge on any atom is 0.315 e. The number of aromatic nitrogens is 1. The standard InChI is InChI=1S/C16H18N4O3S/c1-10(12-3-2-4-14(7-12)20(22)23)18-16(21)17-8-13-9-24-15(19-13)11-5-6-11/h2-4,7,9-11H,5-6,8H2,1H3,(H2,17,18,21)/t10-/m1/s1. The van der Waals surface area contributed by atoms with Crippen molar-refractivity contribution in [1.82, 2.24) is 15.6 Å². The summed E-state index contributed by atoms with van der Waals surface area (Å²) in [5, 5.41) is 19.5. The number of benzene rings is 1. The molecule has 3 rings (SSSR count). The molecule has 2 N–H and O–H groups in total. The molecule has 0 unspecified atom stereocenters. The summed E-state index contributed by atoms with van der Waals surface area (Å²) in [6, 6.07) is 5.60. The lowest BCUT2D eigenvalue weighted by molar-refractivity contribution is -0.384. The summed E-state index contributed by atoms with van der Waals surface area (Å²) >= 11 is 1.64. The minimum atomic E-state index is -0.448. The maximum absolute atomic E-state index is 12.0. The van der Waals surface area contributed by atoms with E-state index in [1.54, 1.807) is 30.4 Å². The lowest BCUT2D eigenvalue weighted by Gasteiger charge is -2.14. The highest BCUT2D eigenvalue weighted by Gasteiger charge is 2.26. The molecular formula is C16H18N4O3S. The second-order valence-electron chi connectivity index (χ2n) is 5.85. The number of carbonyl (C=O) groups excluding carboxylic acids is 1. The summed E-state index contributed by atoms with van der Waals surface area (Å²) in [5.41, 5.74) is 1.56. The Labute approximate surface area is 143 Å². The Balaban J connectivity index is 1.51. The SMILES string of the molecule is C[C@@H](NC(=O)NCc1csc(C2CC2)n1)c1cccc([N+](=O)[O-])c1. The van der Waals surface area contributed by atoms with E-state index >= 15 is 0 Å². The number of rotatable bonds is 6. The van der Waals surface area contributed by atoms with Gasteiger partial charge in [0.15, 0.2) is 0 Å². The molecule has 8 heteroatoms. The van der Waals surface area contributed by atoms with Crippen LogP contribution in [0.5, 0.6) is 0 Å². The van der Waals surface area contributed by atoms with Crippen molar-refractivity contribution in [3.63, 3.8) is 0 Å². The van der Waals surface area contributed by atoms with Crippen molar-refractivity contribution < 1.29 is 9.72 Å². The number of nitrogens with one attached hydrogen (secondary N) is 2. The Morgan fingerprint density at radius 1 is 1.50 bits per heavy atom. The maximum atomic E-state index is 12.0. The third-order valence-electron chi connectivity index (χ3n) is 3.85. The second-order valence-corrected chi connectivity index (χ2v) is 6.74. The van der Waals surface area contributed by atoms with Gasteiger partial charge in [-0.2, -0.15) is 0 Å². The van der Waals surface area contributed by atoms with Crippen LogP contribution in [0.1, 0.15) is 48.0 Å². The molecule has 0 saturated heterocycles. The molecule has 1 heterocycles. The van der Waals surface area contributed by atoms with Crippen LogP contribution in [0.3, 0.4) is 0 Å². The van der Waals surface area contributed by atoms with Crippen molar-refractivity contribution >= 4 is 23.1 Å². The molecule has 1 aromatic heterocycles. The van der Waals surface area contributed by atoms with Crippen LogP contribution >= 0.6 is 11.3 Å². The van der Waals surface area contributed by atoms with Gasteiger partial charge in [0.2, 0.25) is 0 Å². The quantitative estimate of drug-likeness (QED) is 0.618. The van der Waals surface area contributed by atoms with Gasteiger partial charge in [-0.3, -0.25) is 10.1 Å². The van der Waals surface area contributed by atoms with Crippen LogP contribution in [-0.4, -0.2) is 15.9 Å². The van der Waals surface area contributed by atoms with Crippen molar-refractivity contribution in [2.45, 2.75) is 38.3 Å². The summed E-state index contributed by atoms with van der Waals surface area (Å²) in [5.74, 6) is 0.617. The van der Waals surface area contributed by atoms with Crippen LogP contribution in [0.4, 0.5) is 10.5 Å². The highest BCUT2D eigenvalue weighted by Crippen LogP contribution is 2.41. The Morgan fingerprint density at radius 3 is 3.00 bits per heavy atom. The Kier molecular flexibility index (Phi) is 4.75. The van der Waals surface area contributed by atoms with Crippen LogP contribution in [0, 0.1) is 10.1 Å². The molecule has 126 valence electrons. The Morgan fingerprint density at radius 2 is 2.29 bits per heavy atom. The molecule has 1 aromatic carbocycles. The largest absolute Gasteiger partial charge is 0.332 e. The minimum absolute atomic E-state index is 0.0108. The fourth-order valence-corrected chi connectivity index (χ4v) is 3.32. The zero-order chi connectivity index (χ0) is 17.1. The van der Waals surface area contributed by atoms with Crippen LogP contribution < -0.4 is 10.6 Å². The molecule has 1 atom stereocenters. The number of hydrogen-bond acceptors (Lipinski definition) is 5. The number of hydrogen-bond donors (Lipinski definition) is 2. The molecule has 0 spiro atoms. The molecular weight excluding hydrogens is 328 g/mol. The van der Waals surface area contributed by atoms with Crippen molar-refractivity contribution in [3.05, 3.63) is 56.0 Å². The molecule has 1 fully saturated rings. The zero-order valence-corrected chi connectivity index (χ0v) is 14.0. The number of non-ortho nitro benzene ring substituents is 1. The van der Waals surface area contributed by atoms with E-state index in [0.29, 0.717) is 18.0 Å². The summed E-state index contributed by atoms with van der Waals surface area (Å²) in [6.45, 7) is 2.16. The topological polar surface area (TPSA) is 97.2 Å². The van der Waals surface area contributed by atoms with Crippen molar-refractivity contribution in [3.8, 4) is 0 Å². The first kappa shape index (κ1) is 16.4. The van der Waals surface area contributed by atoms with Gasteiger partial charge in [-0.05, 0) is 25.3 Å². The molecule has 0 bridgehead atoms. The number of nitro groups is 1. The van der Waals surface area contributed by atoms with E-state index in [-0.39, 0.29) is 17.8 Å². The third-order valence-corrected chi connectivity index (χ3v) is 4.91. The first-order chi connectivity index (χ1) is 11.5. The lowest BCUT2D eigenvalue weighted by Crippen LogP contribution is -2.36. The fourth-order valence-electron chi connectivity index (χ4n) is 2.33. The van der Waals surface area contributed by atoms with E-state index in [1.165, 1.54) is 25.0 Å². The molecule has 1 aliphatic rings. The van der Waals surface area contributed by atoms with E-state index in [9.17, 15) is 14.9 Å². The number of amides is 2. The summed E-state index contributed by atoms with van der Waals surface area (Å²) < 4.78 is 0. The first-order valence-electron chi connectivity index (χ1n) is 7.76. The third kappa shape index (κ3) is 4.08. The predicted molar refractivity (Wildman–Crippen MR) is 91.0 cm³/mol. The van der Waals surface area contributed by atoms with E-state index in [1.807, 2.05) is 5.38 Å². The molecule has 1 aliphatic carbocycles. The predicted octanol–water partition coefficient (Wildman–Crippen LogP) is 3.49. The molecule has 2 aromatic rings. The van der Waals surface area contributed by atoms with Crippen LogP contribution in [0.2, 0.25) is 0 Å². The summed E-state index contributed by atoms with van der Waals surface area (Å²) in [6.07, 6.45) is 2.42. The monoisotopic (exact) mass is 346 g/mol. The highest BCUT2D eigenvalue weighted by atomic mass is 32.1. The average Bonchev–Trinajstić information content (AvgIpc) is 3.31. The average molecular weight is 346 g/mol. The number of nitrogens with zero attached hydrogens (tertiary/aromatic N) is 2. The number of carbonyl (C=O) groups is 1. The van der Waals surface area contributed by atoms with Gasteiger partial charge >= 0.3 is 6.03 Å². The molecule has 7 nitrogen and oxygen atoms in total. The first-order valence-corrected chi connectivity index (χ1v) is 8.64. The Bertz CT molecular complexity index is 757. The second kappa shape index (κ2) is 6.96. The van der Waals surface area contributed by atoms with Gasteiger partial charge in [0.1, 0.15) is 0 Å². The number of urea groups is 1. The molecule has 0 radical (unpaired) electrons. The van der Waals surface area contributed by atoms with Gasteiger partial charge in [0, 0.05) is 23.4 Å². The minimum Gasteiger partial charge on any atom is -0.332 e. The van der Waals surface area contributed by atoms with Crippen molar-refractivity contribution in [2.75, 3.05) is 0 Å². The molecule has 24 heavy (non-hydrogen) atoms. The van der Waals surface area contributed by atoms with E-state index in [2.05, 4.69) is 15.6 Å². The van der Waals surface area contributed by atoms with E-state index < -0.39 is 4.92 Å². The smallest absolute Gasteiger partial charge is 0.315 e. The zero-order valence-electron chi connectivity index (χ0n) is 13.2. The molecule has 1 saturated carbocycles. The number of thiazole rings is 1. The van der Waals surface area contributed by atoms with Crippen molar-refractivity contribution in [1.29, 1.82) is 0 Å². The van der Waals surface area contributed by atoms with Crippen LogP contribution in [0.25, 0.3) is 0 Å². The van der Waals surface area contributed by atoms with E-state index in [0.717, 1.165) is 10.7 Å². The van der Waals surface area contributed by atoms with Crippen LogP contribution in [0.15, 0.2) is 29.6 Å². The van der Waals surface area contributed by atoms with Crippen LogP contribution in [-0.2, 0) is 6.54 Å². The summed E-state index contributed by atoms with van der Waals surface area (Å²) in [4.78, 5) is 26.9. The molecule has 2 amide bonds. The summed E-state index contributed by atoms with van der Waals surface area (Å²) in [7, 11) is 0. The Hall–Kier alpha value is -2.48. The normalized spacial score (nSPS) is 14.9. The molecule has 0 aliphatic heterocycles. The van der Waals surface area contributed by atoms with Gasteiger partial charge < -0.3 is 10.6 Å². The van der Waals surface area contributed by atoms with Gasteiger partial charge in [-0.1, -0.05) is 12.1 Å². The van der Waals surface area contributed by atoms with Gasteiger partial charge in [0.05, 0.1) is 28.2 Å². The van der Waals surface area contributed by atoms with Crippen molar-refractivity contribution in [2.24, 2.45) is 0 Å². The van der Waals surface area contributed by atoms with E-state index in [4.69, 9.17) is 0 Å². The number of nitro benzene ring substituents is 1.